The lowest BCUT2D eigenvalue weighted by molar-refractivity contribution is -0.133. The Bertz CT molecular complexity index is 263. The van der Waals surface area contributed by atoms with Gasteiger partial charge in [0.25, 0.3) is 0 Å². The van der Waals surface area contributed by atoms with Crippen molar-refractivity contribution < 1.29 is 9.59 Å². The Morgan fingerprint density at radius 3 is 2.20 bits per heavy atom. The molecule has 3 nitrogen and oxygen atoms in total. The van der Waals surface area contributed by atoms with Crippen molar-refractivity contribution in [3.63, 3.8) is 0 Å². The molecule has 1 amide bonds. The SMILES string of the molecule is C/C=C/C=C/C(=O)CC(=O)N(CC)CC. The average Bonchev–Trinajstić information content (AvgIpc) is 2.20. The highest BCUT2D eigenvalue weighted by Gasteiger charge is 2.11. The fourth-order valence-electron chi connectivity index (χ4n) is 1.17. The molecule has 0 aliphatic carbocycles. The first-order valence-electron chi connectivity index (χ1n) is 5.25. The van der Waals surface area contributed by atoms with E-state index in [0.29, 0.717) is 13.1 Å². The van der Waals surface area contributed by atoms with Gasteiger partial charge in [0.1, 0.15) is 0 Å². The number of carbonyl (C=O) groups excluding carboxylic acids is 2. The molecule has 0 atom stereocenters. The van der Waals surface area contributed by atoms with Gasteiger partial charge in [-0.3, -0.25) is 9.59 Å². The second kappa shape index (κ2) is 7.97. The molecule has 0 saturated carbocycles. The van der Waals surface area contributed by atoms with E-state index in [0.717, 1.165) is 0 Å². The van der Waals surface area contributed by atoms with Gasteiger partial charge in [-0.1, -0.05) is 18.2 Å². The smallest absolute Gasteiger partial charge is 0.230 e. The number of hydrogen-bond donors (Lipinski definition) is 0. The van der Waals surface area contributed by atoms with Gasteiger partial charge in [0, 0.05) is 13.1 Å². The molecule has 0 heterocycles. The van der Waals surface area contributed by atoms with Crippen molar-refractivity contribution in [3.05, 3.63) is 24.3 Å². The highest BCUT2D eigenvalue weighted by molar-refractivity contribution is 6.03. The summed E-state index contributed by atoms with van der Waals surface area (Å²) in [5.74, 6) is -0.250. The lowest BCUT2D eigenvalue weighted by Crippen LogP contribution is -2.31. The van der Waals surface area contributed by atoms with Crippen molar-refractivity contribution in [1.82, 2.24) is 4.90 Å². The first kappa shape index (κ1) is 13.6. The Morgan fingerprint density at radius 2 is 1.73 bits per heavy atom. The molecule has 0 fully saturated rings. The van der Waals surface area contributed by atoms with Crippen molar-refractivity contribution in [1.29, 1.82) is 0 Å². The van der Waals surface area contributed by atoms with Crippen LogP contribution in [0.1, 0.15) is 27.2 Å². The first-order chi connectivity index (χ1) is 7.15. The number of nitrogens with zero attached hydrogens (tertiary/aromatic N) is 1. The molecule has 0 aromatic heterocycles. The van der Waals surface area contributed by atoms with Crippen molar-refractivity contribution in [3.8, 4) is 0 Å². The summed E-state index contributed by atoms with van der Waals surface area (Å²) in [6.45, 7) is 6.99. The quantitative estimate of drug-likeness (QED) is 0.381. The van der Waals surface area contributed by atoms with Gasteiger partial charge >= 0.3 is 0 Å². The predicted molar refractivity (Wildman–Crippen MR) is 61.5 cm³/mol. The van der Waals surface area contributed by atoms with E-state index < -0.39 is 0 Å². The Kier molecular flexibility index (Phi) is 7.24. The van der Waals surface area contributed by atoms with E-state index in [1.807, 2.05) is 26.8 Å². The van der Waals surface area contributed by atoms with Crippen LogP contribution in [0.2, 0.25) is 0 Å². The molecule has 0 aliphatic rings. The highest BCUT2D eigenvalue weighted by atomic mass is 16.2. The predicted octanol–water partition coefficient (Wildman–Crippen LogP) is 1.95. The summed E-state index contributed by atoms with van der Waals surface area (Å²) in [6.07, 6.45) is 6.64. The lowest BCUT2D eigenvalue weighted by atomic mass is 10.2. The van der Waals surface area contributed by atoms with Gasteiger partial charge in [0.2, 0.25) is 5.91 Å². The Labute approximate surface area is 91.5 Å². The molecular weight excluding hydrogens is 190 g/mol. The van der Waals surface area contributed by atoms with Crippen LogP contribution in [0, 0.1) is 0 Å². The highest BCUT2D eigenvalue weighted by Crippen LogP contribution is 1.96. The van der Waals surface area contributed by atoms with Gasteiger partial charge in [-0.2, -0.15) is 0 Å². The summed E-state index contributed by atoms with van der Waals surface area (Å²) in [5.41, 5.74) is 0. The van der Waals surface area contributed by atoms with Gasteiger partial charge < -0.3 is 4.90 Å². The Hall–Kier alpha value is -1.38. The molecule has 0 rings (SSSR count). The van der Waals surface area contributed by atoms with Crippen molar-refractivity contribution >= 4 is 11.7 Å². The van der Waals surface area contributed by atoms with Crippen LogP contribution in [-0.4, -0.2) is 29.7 Å². The monoisotopic (exact) mass is 209 g/mol. The van der Waals surface area contributed by atoms with Crippen molar-refractivity contribution in [2.24, 2.45) is 0 Å². The van der Waals surface area contributed by atoms with Gasteiger partial charge in [0.05, 0.1) is 6.42 Å². The molecule has 0 radical (unpaired) electrons. The molecule has 0 N–H and O–H groups in total. The molecule has 0 aromatic carbocycles. The lowest BCUT2D eigenvalue weighted by Gasteiger charge is -2.17. The fourth-order valence-corrected chi connectivity index (χ4v) is 1.17. The van der Waals surface area contributed by atoms with Crippen LogP contribution in [0.5, 0.6) is 0 Å². The van der Waals surface area contributed by atoms with Gasteiger partial charge in [0.15, 0.2) is 5.78 Å². The molecule has 84 valence electrons. The van der Waals surface area contributed by atoms with Gasteiger partial charge in [-0.05, 0) is 26.8 Å². The minimum Gasteiger partial charge on any atom is -0.343 e. The minimum absolute atomic E-state index is 0.0320. The molecule has 0 unspecified atom stereocenters. The summed E-state index contributed by atoms with van der Waals surface area (Å²) in [4.78, 5) is 24.5. The zero-order chi connectivity index (χ0) is 11.7. The van der Waals surface area contributed by atoms with E-state index in [4.69, 9.17) is 0 Å². The van der Waals surface area contributed by atoms with E-state index in [1.165, 1.54) is 6.08 Å². The standard InChI is InChI=1S/C12H19NO2/c1-4-7-8-9-11(14)10-12(15)13(5-2)6-3/h4,7-9H,5-6,10H2,1-3H3/b7-4+,9-8+. The topological polar surface area (TPSA) is 37.4 Å². The van der Waals surface area contributed by atoms with Crippen LogP contribution in [0.3, 0.4) is 0 Å². The summed E-state index contributed by atoms with van der Waals surface area (Å²) >= 11 is 0. The van der Waals surface area contributed by atoms with Crippen molar-refractivity contribution in [2.45, 2.75) is 27.2 Å². The third kappa shape index (κ3) is 5.83. The van der Waals surface area contributed by atoms with Gasteiger partial charge in [-0.25, -0.2) is 0 Å². The Morgan fingerprint density at radius 1 is 1.13 bits per heavy atom. The van der Waals surface area contributed by atoms with Gasteiger partial charge in [-0.15, -0.1) is 0 Å². The molecule has 0 aromatic rings. The maximum absolute atomic E-state index is 11.5. The van der Waals surface area contributed by atoms with E-state index in [-0.39, 0.29) is 18.1 Å². The van der Waals surface area contributed by atoms with Crippen LogP contribution in [0.25, 0.3) is 0 Å². The largest absolute Gasteiger partial charge is 0.343 e. The van der Waals surface area contributed by atoms with E-state index in [9.17, 15) is 9.59 Å². The summed E-state index contributed by atoms with van der Waals surface area (Å²) < 4.78 is 0. The third-order valence-electron chi connectivity index (χ3n) is 2.03. The normalized spacial score (nSPS) is 11.1. The van der Waals surface area contributed by atoms with Crippen LogP contribution >= 0.6 is 0 Å². The molecule has 0 saturated heterocycles. The molecule has 0 aliphatic heterocycles. The average molecular weight is 209 g/mol. The Balaban J connectivity index is 4.11. The second-order valence-corrected chi connectivity index (χ2v) is 3.09. The van der Waals surface area contributed by atoms with E-state index in [1.54, 1.807) is 17.1 Å². The summed E-state index contributed by atoms with van der Waals surface area (Å²) in [6, 6.07) is 0. The fraction of sp³-hybridized carbons (Fsp3) is 0.500. The van der Waals surface area contributed by atoms with E-state index in [2.05, 4.69) is 0 Å². The molecular formula is C12H19NO2. The molecule has 3 heteroatoms. The number of allylic oxidation sites excluding steroid dienone is 4. The maximum atomic E-state index is 11.5. The van der Waals surface area contributed by atoms with Crippen LogP contribution in [0.4, 0.5) is 0 Å². The first-order valence-corrected chi connectivity index (χ1v) is 5.25. The molecule has 0 bridgehead atoms. The number of carbonyl (C=O) groups is 2. The number of rotatable bonds is 6. The van der Waals surface area contributed by atoms with Crippen LogP contribution in [-0.2, 0) is 9.59 Å². The second-order valence-electron chi connectivity index (χ2n) is 3.09. The maximum Gasteiger partial charge on any atom is 0.230 e. The van der Waals surface area contributed by atoms with Crippen LogP contribution < -0.4 is 0 Å². The minimum atomic E-state index is -0.148. The van der Waals surface area contributed by atoms with E-state index >= 15 is 0 Å². The zero-order valence-corrected chi connectivity index (χ0v) is 9.69. The van der Waals surface area contributed by atoms with Crippen LogP contribution in [0.15, 0.2) is 24.3 Å². The van der Waals surface area contributed by atoms with Crippen molar-refractivity contribution in [2.75, 3.05) is 13.1 Å². The molecule has 0 spiro atoms. The summed E-state index contributed by atoms with van der Waals surface area (Å²) in [7, 11) is 0. The summed E-state index contributed by atoms with van der Waals surface area (Å²) in [5, 5.41) is 0. The zero-order valence-electron chi connectivity index (χ0n) is 9.69. The number of ketones is 1. The number of amides is 1. The number of hydrogen-bond acceptors (Lipinski definition) is 2. The molecule has 15 heavy (non-hydrogen) atoms. The third-order valence-corrected chi connectivity index (χ3v) is 2.03.